The van der Waals surface area contributed by atoms with Crippen LogP contribution in [0.3, 0.4) is 0 Å². The molecule has 2 aromatic rings. The van der Waals surface area contributed by atoms with Gasteiger partial charge in [0.1, 0.15) is 11.6 Å². The Morgan fingerprint density at radius 2 is 1.66 bits per heavy atom. The van der Waals surface area contributed by atoms with E-state index in [4.69, 9.17) is 23.7 Å². The standard InChI is InChI=1S/C21H23NO7/c1-25-14-6-5-12-17(20(14)28-4)21(23)29-19(12)18-13-10-16(27-3)15(26-2)9-11(13)7-8-22(18)24/h5-6,9-10,18-19,24H,7-8H2,1-4H3. The lowest BCUT2D eigenvalue weighted by molar-refractivity contribution is -0.162. The first kappa shape index (κ1) is 19.4. The topological polar surface area (TPSA) is 86.7 Å². The van der Waals surface area contributed by atoms with Crippen molar-refractivity contribution >= 4 is 5.97 Å². The second-order valence-electron chi connectivity index (χ2n) is 6.86. The first-order valence-corrected chi connectivity index (χ1v) is 9.20. The maximum Gasteiger partial charge on any atom is 0.343 e. The number of hydrogen-bond acceptors (Lipinski definition) is 8. The number of hydrogen-bond donors (Lipinski definition) is 1. The molecule has 154 valence electrons. The molecule has 0 amide bonds. The lowest BCUT2D eigenvalue weighted by atomic mass is 9.87. The Labute approximate surface area is 168 Å². The highest BCUT2D eigenvalue weighted by Crippen LogP contribution is 2.50. The summed E-state index contributed by atoms with van der Waals surface area (Å²) in [6, 6.07) is 6.64. The summed E-state index contributed by atoms with van der Waals surface area (Å²) in [5, 5.41) is 11.9. The molecule has 0 saturated carbocycles. The Balaban J connectivity index is 1.85. The average Bonchev–Trinajstić information content (AvgIpc) is 3.08. The first-order valence-electron chi connectivity index (χ1n) is 9.20. The Morgan fingerprint density at radius 1 is 0.966 bits per heavy atom. The van der Waals surface area contributed by atoms with Crippen LogP contribution in [-0.4, -0.2) is 51.2 Å². The number of esters is 1. The molecule has 0 radical (unpaired) electrons. The second-order valence-corrected chi connectivity index (χ2v) is 6.86. The second kappa shape index (κ2) is 7.46. The molecule has 0 aromatic heterocycles. The normalized spacial score (nSPS) is 20.5. The fourth-order valence-corrected chi connectivity index (χ4v) is 4.14. The highest BCUT2D eigenvalue weighted by atomic mass is 16.6. The maximum absolute atomic E-state index is 12.7. The largest absolute Gasteiger partial charge is 0.493 e. The van der Waals surface area contributed by atoms with Crippen LogP contribution >= 0.6 is 0 Å². The van der Waals surface area contributed by atoms with Crippen molar-refractivity contribution in [2.24, 2.45) is 0 Å². The van der Waals surface area contributed by atoms with E-state index in [1.54, 1.807) is 26.4 Å². The van der Waals surface area contributed by atoms with E-state index in [1.807, 2.05) is 12.1 Å². The number of ether oxygens (including phenoxy) is 5. The SMILES string of the molecule is COc1cc2c(cc1OC)C(C1OC(=O)c3c1ccc(OC)c3OC)N(O)CC2. The molecular formula is C21H23NO7. The third-order valence-corrected chi connectivity index (χ3v) is 5.50. The van der Waals surface area contributed by atoms with Gasteiger partial charge in [0.2, 0.25) is 0 Å². The summed E-state index contributed by atoms with van der Waals surface area (Å²) in [5.41, 5.74) is 2.77. The fraction of sp³-hybridized carbons (Fsp3) is 0.381. The van der Waals surface area contributed by atoms with E-state index >= 15 is 0 Å². The molecule has 0 fully saturated rings. The number of fused-ring (bicyclic) bond motifs is 2. The number of nitrogens with zero attached hydrogens (tertiary/aromatic N) is 1. The van der Waals surface area contributed by atoms with Gasteiger partial charge in [0.05, 0.1) is 28.4 Å². The highest BCUT2D eigenvalue weighted by molar-refractivity contribution is 5.98. The Bertz CT molecular complexity index is 959. The van der Waals surface area contributed by atoms with Gasteiger partial charge in [-0.05, 0) is 35.7 Å². The van der Waals surface area contributed by atoms with Gasteiger partial charge in [0.25, 0.3) is 0 Å². The summed E-state index contributed by atoms with van der Waals surface area (Å²) >= 11 is 0. The molecule has 2 heterocycles. The number of cyclic esters (lactones) is 1. The van der Waals surface area contributed by atoms with E-state index < -0.39 is 18.1 Å². The summed E-state index contributed by atoms with van der Waals surface area (Å²) in [5.74, 6) is 1.42. The third-order valence-electron chi connectivity index (χ3n) is 5.50. The first-order chi connectivity index (χ1) is 14.0. The van der Waals surface area contributed by atoms with Gasteiger partial charge in [-0.1, -0.05) is 6.07 Å². The van der Waals surface area contributed by atoms with Gasteiger partial charge in [-0.3, -0.25) is 0 Å². The van der Waals surface area contributed by atoms with Crippen molar-refractivity contribution in [3.8, 4) is 23.0 Å². The van der Waals surface area contributed by atoms with Crippen LogP contribution < -0.4 is 18.9 Å². The number of carbonyl (C=O) groups excluding carboxylic acids is 1. The highest BCUT2D eigenvalue weighted by Gasteiger charge is 2.45. The quantitative estimate of drug-likeness (QED) is 0.766. The smallest absolute Gasteiger partial charge is 0.343 e. The van der Waals surface area contributed by atoms with E-state index in [9.17, 15) is 10.0 Å². The summed E-state index contributed by atoms with van der Waals surface area (Å²) in [7, 11) is 6.12. The van der Waals surface area contributed by atoms with Crippen molar-refractivity contribution in [3.63, 3.8) is 0 Å². The Hall–Kier alpha value is -2.97. The van der Waals surface area contributed by atoms with Crippen LogP contribution in [-0.2, 0) is 11.2 Å². The molecule has 2 aliphatic heterocycles. The van der Waals surface area contributed by atoms with Gasteiger partial charge in [-0.25, -0.2) is 4.79 Å². The minimum Gasteiger partial charge on any atom is -0.493 e. The van der Waals surface area contributed by atoms with Gasteiger partial charge >= 0.3 is 5.97 Å². The molecule has 2 aliphatic rings. The predicted molar refractivity (Wildman–Crippen MR) is 102 cm³/mol. The average molecular weight is 401 g/mol. The zero-order valence-corrected chi connectivity index (χ0v) is 16.7. The molecular weight excluding hydrogens is 378 g/mol. The number of benzene rings is 2. The predicted octanol–water partition coefficient (Wildman–Crippen LogP) is 2.92. The number of rotatable bonds is 5. The molecule has 0 aliphatic carbocycles. The van der Waals surface area contributed by atoms with Crippen LogP contribution in [0.2, 0.25) is 0 Å². The van der Waals surface area contributed by atoms with Crippen LogP contribution in [0.25, 0.3) is 0 Å². The van der Waals surface area contributed by atoms with E-state index in [0.717, 1.165) is 11.1 Å². The van der Waals surface area contributed by atoms with Gasteiger partial charge in [0.15, 0.2) is 29.1 Å². The minimum absolute atomic E-state index is 0.317. The minimum atomic E-state index is -0.709. The summed E-state index contributed by atoms with van der Waals surface area (Å²) in [6.45, 7) is 0.393. The van der Waals surface area contributed by atoms with Crippen LogP contribution in [0.5, 0.6) is 23.0 Å². The van der Waals surface area contributed by atoms with E-state index in [1.165, 1.54) is 19.3 Å². The van der Waals surface area contributed by atoms with Crippen molar-refractivity contribution in [2.45, 2.75) is 18.6 Å². The van der Waals surface area contributed by atoms with Crippen molar-refractivity contribution < 1.29 is 33.7 Å². The summed E-state index contributed by atoms with van der Waals surface area (Å²) in [6.07, 6.45) is -0.0817. The van der Waals surface area contributed by atoms with Gasteiger partial charge in [-0.15, -0.1) is 0 Å². The molecule has 29 heavy (non-hydrogen) atoms. The number of hydroxylamine groups is 2. The maximum atomic E-state index is 12.7. The fourth-order valence-electron chi connectivity index (χ4n) is 4.14. The van der Waals surface area contributed by atoms with E-state index in [2.05, 4.69) is 0 Å². The zero-order valence-electron chi connectivity index (χ0n) is 16.7. The summed E-state index contributed by atoms with van der Waals surface area (Å²) in [4.78, 5) is 12.7. The Morgan fingerprint density at radius 3 is 2.31 bits per heavy atom. The van der Waals surface area contributed by atoms with E-state index in [0.29, 0.717) is 47.1 Å². The molecule has 0 spiro atoms. The molecule has 0 bridgehead atoms. The third kappa shape index (κ3) is 2.95. The van der Waals surface area contributed by atoms with Crippen LogP contribution in [0.4, 0.5) is 0 Å². The van der Waals surface area contributed by atoms with Gasteiger partial charge in [-0.2, -0.15) is 5.06 Å². The van der Waals surface area contributed by atoms with Crippen LogP contribution in [0.1, 0.15) is 39.2 Å². The summed E-state index contributed by atoms with van der Waals surface area (Å²) < 4.78 is 27.3. The van der Waals surface area contributed by atoms with Crippen molar-refractivity contribution in [3.05, 3.63) is 46.5 Å². The molecule has 0 saturated heterocycles. The van der Waals surface area contributed by atoms with Gasteiger partial charge < -0.3 is 28.9 Å². The number of carbonyl (C=O) groups is 1. The van der Waals surface area contributed by atoms with Crippen LogP contribution in [0, 0.1) is 0 Å². The number of methoxy groups -OCH3 is 4. The molecule has 2 unspecified atom stereocenters. The van der Waals surface area contributed by atoms with Crippen LogP contribution in [0.15, 0.2) is 24.3 Å². The molecule has 4 rings (SSSR count). The van der Waals surface area contributed by atoms with Crippen molar-refractivity contribution in [1.82, 2.24) is 5.06 Å². The van der Waals surface area contributed by atoms with Crippen molar-refractivity contribution in [2.75, 3.05) is 35.0 Å². The Kier molecular flexibility index (Phi) is 4.97. The van der Waals surface area contributed by atoms with Crippen molar-refractivity contribution in [1.29, 1.82) is 0 Å². The lowest BCUT2D eigenvalue weighted by Gasteiger charge is -2.36. The monoisotopic (exact) mass is 401 g/mol. The lowest BCUT2D eigenvalue weighted by Crippen LogP contribution is -2.36. The van der Waals surface area contributed by atoms with Gasteiger partial charge in [0, 0.05) is 12.1 Å². The molecule has 2 atom stereocenters. The van der Waals surface area contributed by atoms with E-state index in [-0.39, 0.29) is 0 Å². The molecule has 8 nitrogen and oxygen atoms in total. The zero-order chi connectivity index (χ0) is 20.7. The molecule has 8 heteroatoms. The molecule has 1 N–H and O–H groups in total. The molecule has 2 aromatic carbocycles.